The number of benzene rings is 1. The zero-order chi connectivity index (χ0) is 22.7. The molecular weight excluding hydrogens is 402 g/mol. The summed E-state index contributed by atoms with van der Waals surface area (Å²) in [6.07, 6.45) is 7.84. The van der Waals surface area contributed by atoms with Crippen LogP contribution in [0.3, 0.4) is 0 Å². The molecule has 0 radical (unpaired) electrons. The number of hydrogen-bond acceptors (Lipinski definition) is 4. The maximum absolute atomic E-state index is 13.1. The minimum atomic E-state index is -0.401. The predicted octanol–water partition coefficient (Wildman–Crippen LogP) is 3.76. The third kappa shape index (κ3) is 5.58. The number of likely N-dealkylation sites (tertiary alicyclic amines) is 1. The van der Waals surface area contributed by atoms with E-state index in [2.05, 4.69) is 10.6 Å². The van der Waals surface area contributed by atoms with Gasteiger partial charge in [-0.3, -0.25) is 14.4 Å². The molecule has 0 spiro atoms. The number of carbonyl (C=O) groups excluding carboxylic acids is 3. The van der Waals surface area contributed by atoms with Crippen molar-refractivity contribution in [3.05, 3.63) is 35.4 Å². The fourth-order valence-corrected chi connectivity index (χ4v) is 4.93. The largest absolute Gasteiger partial charge is 0.342 e. The van der Waals surface area contributed by atoms with E-state index < -0.39 is 6.04 Å². The number of rotatable bonds is 9. The van der Waals surface area contributed by atoms with Gasteiger partial charge in [0.15, 0.2) is 5.78 Å². The Morgan fingerprint density at radius 3 is 2.44 bits per heavy atom. The lowest BCUT2D eigenvalue weighted by Gasteiger charge is -2.40. The molecule has 4 rings (SSSR count). The maximum atomic E-state index is 13.1. The van der Waals surface area contributed by atoms with Crippen LogP contribution in [0.15, 0.2) is 24.3 Å². The summed E-state index contributed by atoms with van der Waals surface area (Å²) in [6, 6.07) is 7.82. The normalized spacial score (nSPS) is 20.7. The number of amides is 2. The highest BCUT2D eigenvalue weighted by atomic mass is 16.2. The molecule has 2 saturated carbocycles. The zero-order valence-corrected chi connectivity index (χ0v) is 19.4. The van der Waals surface area contributed by atoms with Crippen LogP contribution < -0.4 is 10.6 Å². The van der Waals surface area contributed by atoms with Crippen molar-refractivity contribution in [3.63, 3.8) is 0 Å². The monoisotopic (exact) mass is 443 g/mol. The molecule has 1 aromatic rings. The Balaban J connectivity index is 0.00000204. The maximum Gasteiger partial charge on any atom is 0.251 e. The lowest BCUT2D eigenvalue weighted by atomic mass is 9.80. The number of ketones is 1. The minimum absolute atomic E-state index is 0. The molecule has 32 heavy (non-hydrogen) atoms. The standard InChI is InChI=1S/C26H37N3O3.2H2/c1-17(2)25(31)24(18-7-4-3-5-8-18)28-26(32)20-10-6-9-19(13-20)21-15-29(16-21)23(30)14-27-22-11-12-22;;/h6,9-10,13,17-18,21-22,24,27H,3-5,7-8,11-12,14-16H2,1-2H3,(H,28,32);2*1H/t24-;;/m1../s1. The van der Waals surface area contributed by atoms with Gasteiger partial charge < -0.3 is 15.5 Å². The summed E-state index contributed by atoms with van der Waals surface area (Å²) in [4.78, 5) is 40.1. The van der Waals surface area contributed by atoms with Crippen molar-refractivity contribution in [2.75, 3.05) is 19.6 Å². The Morgan fingerprint density at radius 1 is 1.06 bits per heavy atom. The van der Waals surface area contributed by atoms with E-state index in [-0.39, 0.29) is 38.2 Å². The second kappa shape index (κ2) is 10.2. The van der Waals surface area contributed by atoms with Crippen LogP contribution in [-0.2, 0) is 9.59 Å². The van der Waals surface area contributed by atoms with Crippen LogP contribution in [-0.4, -0.2) is 54.2 Å². The summed E-state index contributed by atoms with van der Waals surface area (Å²) < 4.78 is 0. The van der Waals surface area contributed by atoms with E-state index in [0.717, 1.165) is 31.2 Å². The van der Waals surface area contributed by atoms with Crippen LogP contribution in [0.2, 0.25) is 0 Å². The van der Waals surface area contributed by atoms with Gasteiger partial charge in [-0.2, -0.15) is 0 Å². The van der Waals surface area contributed by atoms with Crippen molar-refractivity contribution in [2.24, 2.45) is 11.8 Å². The molecule has 2 N–H and O–H groups in total. The molecule has 0 bridgehead atoms. The fourth-order valence-electron chi connectivity index (χ4n) is 4.93. The molecule has 2 amide bonds. The number of nitrogens with one attached hydrogen (secondary N) is 2. The van der Waals surface area contributed by atoms with Gasteiger partial charge in [0.05, 0.1) is 12.6 Å². The van der Waals surface area contributed by atoms with Crippen molar-refractivity contribution in [2.45, 2.75) is 76.8 Å². The highest BCUT2D eigenvalue weighted by Crippen LogP contribution is 2.30. The molecule has 6 heteroatoms. The van der Waals surface area contributed by atoms with Crippen molar-refractivity contribution in [3.8, 4) is 0 Å². The molecule has 1 heterocycles. The SMILES string of the molecule is CC(C)C(=O)[C@H](NC(=O)c1cccc(C2CN(C(=O)CNC3CC3)C2)c1)C1CCCCC1.[HH].[HH]. The summed E-state index contributed by atoms with van der Waals surface area (Å²) >= 11 is 0. The second-order valence-corrected chi connectivity index (χ2v) is 10.2. The second-order valence-electron chi connectivity index (χ2n) is 10.2. The van der Waals surface area contributed by atoms with E-state index in [9.17, 15) is 14.4 Å². The van der Waals surface area contributed by atoms with Crippen LogP contribution in [0.25, 0.3) is 0 Å². The van der Waals surface area contributed by atoms with Crippen LogP contribution in [0, 0.1) is 11.8 Å². The fraction of sp³-hybridized carbons (Fsp3) is 0.654. The molecule has 1 aromatic carbocycles. The number of Topliss-reactive ketones (excluding diaryl/α,β-unsaturated/α-hetero) is 1. The first-order valence-corrected chi connectivity index (χ1v) is 12.4. The smallest absolute Gasteiger partial charge is 0.251 e. The minimum Gasteiger partial charge on any atom is -0.342 e. The van der Waals surface area contributed by atoms with Crippen molar-refractivity contribution >= 4 is 17.6 Å². The topological polar surface area (TPSA) is 78.5 Å². The average Bonchev–Trinajstić information content (AvgIpc) is 3.60. The van der Waals surface area contributed by atoms with Crippen LogP contribution in [0.4, 0.5) is 0 Å². The van der Waals surface area contributed by atoms with Crippen LogP contribution in [0.5, 0.6) is 0 Å². The first-order chi connectivity index (χ1) is 15.4. The molecule has 3 aliphatic rings. The summed E-state index contributed by atoms with van der Waals surface area (Å²) in [7, 11) is 0. The predicted molar refractivity (Wildman–Crippen MR) is 129 cm³/mol. The third-order valence-electron chi connectivity index (χ3n) is 7.26. The van der Waals surface area contributed by atoms with E-state index in [1.54, 1.807) is 0 Å². The first kappa shape index (κ1) is 23.0. The van der Waals surface area contributed by atoms with E-state index in [4.69, 9.17) is 0 Å². The molecule has 2 aliphatic carbocycles. The van der Waals surface area contributed by atoms with Gasteiger partial charge in [0.2, 0.25) is 5.91 Å². The van der Waals surface area contributed by atoms with Crippen molar-refractivity contribution < 1.29 is 17.2 Å². The van der Waals surface area contributed by atoms with Gasteiger partial charge in [-0.15, -0.1) is 0 Å². The van der Waals surface area contributed by atoms with Gasteiger partial charge >= 0.3 is 0 Å². The molecule has 1 saturated heterocycles. The molecule has 1 atom stereocenters. The quantitative estimate of drug-likeness (QED) is 0.609. The number of nitrogens with zero attached hydrogens (tertiary/aromatic N) is 1. The van der Waals surface area contributed by atoms with E-state index in [1.165, 1.54) is 19.3 Å². The van der Waals surface area contributed by atoms with Crippen molar-refractivity contribution in [1.29, 1.82) is 0 Å². The molecule has 1 aliphatic heterocycles. The van der Waals surface area contributed by atoms with Gasteiger partial charge in [0, 0.05) is 39.4 Å². The Labute approximate surface area is 194 Å². The zero-order valence-electron chi connectivity index (χ0n) is 19.4. The first-order valence-electron chi connectivity index (χ1n) is 12.4. The number of hydrogen-bond donors (Lipinski definition) is 2. The summed E-state index contributed by atoms with van der Waals surface area (Å²) in [6.45, 7) is 5.65. The van der Waals surface area contributed by atoms with E-state index in [1.807, 2.05) is 43.0 Å². The van der Waals surface area contributed by atoms with Gasteiger partial charge in [-0.05, 0) is 49.3 Å². The molecule has 0 aromatic heterocycles. The van der Waals surface area contributed by atoms with E-state index >= 15 is 0 Å². The summed E-state index contributed by atoms with van der Waals surface area (Å²) in [5.74, 6) is 0.526. The summed E-state index contributed by atoms with van der Waals surface area (Å²) in [5.41, 5.74) is 1.68. The Morgan fingerprint density at radius 2 is 1.78 bits per heavy atom. The molecule has 178 valence electrons. The number of carbonyl (C=O) groups is 3. The summed E-state index contributed by atoms with van der Waals surface area (Å²) in [5, 5.41) is 6.36. The highest BCUT2D eigenvalue weighted by Gasteiger charge is 2.34. The third-order valence-corrected chi connectivity index (χ3v) is 7.26. The Bertz CT molecular complexity index is 847. The Hall–Kier alpha value is -2.21. The molecule has 0 unspecified atom stereocenters. The van der Waals surface area contributed by atoms with Crippen molar-refractivity contribution in [1.82, 2.24) is 15.5 Å². The lowest BCUT2D eigenvalue weighted by Crippen LogP contribution is -2.51. The highest BCUT2D eigenvalue weighted by molar-refractivity contribution is 5.98. The Kier molecular flexibility index (Phi) is 7.29. The van der Waals surface area contributed by atoms with E-state index in [0.29, 0.717) is 31.2 Å². The molecule has 6 nitrogen and oxygen atoms in total. The van der Waals surface area contributed by atoms with Crippen LogP contribution >= 0.6 is 0 Å². The van der Waals surface area contributed by atoms with Gasteiger partial charge in [0.25, 0.3) is 5.91 Å². The average molecular weight is 444 g/mol. The van der Waals surface area contributed by atoms with Gasteiger partial charge in [0.1, 0.15) is 0 Å². The lowest BCUT2D eigenvalue weighted by molar-refractivity contribution is -0.134. The molecule has 3 fully saturated rings. The molecular formula is C26H41N3O3. The van der Waals surface area contributed by atoms with Gasteiger partial charge in [-0.25, -0.2) is 0 Å². The van der Waals surface area contributed by atoms with Gasteiger partial charge in [-0.1, -0.05) is 45.2 Å². The van der Waals surface area contributed by atoms with Crippen LogP contribution in [0.1, 0.15) is 83.5 Å².